The molecular weight excluding hydrogens is 365 g/mol. The van der Waals surface area contributed by atoms with Crippen molar-refractivity contribution in [1.82, 2.24) is 14.8 Å². The molecule has 0 radical (unpaired) electrons. The summed E-state index contributed by atoms with van der Waals surface area (Å²) in [6.07, 6.45) is 1.71. The molecule has 0 bridgehead atoms. The summed E-state index contributed by atoms with van der Waals surface area (Å²) in [7, 11) is 0. The van der Waals surface area contributed by atoms with Crippen molar-refractivity contribution >= 4 is 40.0 Å². The Balaban J connectivity index is 2.19. The first-order valence-electron chi connectivity index (χ1n) is 5.46. The van der Waals surface area contributed by atoms with Crippen LogP contribution in [0.1, 0.15) is 23.1 Å². The second-order valence-electron chi connectivity index (χ2n) is 3.72. The highest BCUT2D eigenvalue weighted by Crippen LogP contribution is 2.20. The number of hydrogen-bond donors (Lipinski definition) is 0. The summed E-state index contributed by atoms with van der Waals surface area (Å²) in [6, 6.07) is 5.31. The molecule has 0 unspecified atom stereocenters. The van der Waals surface area contributed by atoms with Crippen molar-refractivity contribution in [2.24, 2.45) is 0 Å². The molecule has 6 heteroatoms. The maximum atomic E-state index is 12.1. The molecule has 0 spiro atoms. The molecule has 0 saturated carbocycles. The van der Waals surface area contributed by atoms with Crippen LogP contribution in [-0.2, 0) is 13.0 Å². The number of ketones is 1. The molecule has 18 heavy (non-hydrogen) atoms. The quantitative estimate of drug-likeness (QED) is 0.610. The smallest absolute Gasteiger partial charge is 0.170 e. The molecule has 0 aliphatic rings. The number of aromatic nitrogens is 3. The van der Waals surface area contributed by atoms with Gasteiger partial charge in [-0.1, -0.05) is 17.7 Å². The van der Waals surface area contributed by atoms with Crippen LogP contribution in [0.15, 0.2) is 24.5 Å². The van der Waals surface area contributed by atoms with Gasteiger partial charge in [0, 0.05) is 15.7 Å². The fourth-order valence-corrected chi connectivity index (χ4v) is 2.12. The van der Waals surface area contributed by atoms with Crippen LogP contribution in [0.3, 0.4) is 0 Å². The van der Waals surface area contributed by atoms with Gasteiger partial charge in [-0.25, -0.2) is 9.67 Å². The lowest BCUT2D eigenvalue weighted by Gasteiger charge is -2.04. The third kappa shape index (κ3) is 2.89. The van der Waals surface area contributed by atoms with E-state index in [4.69, 9.17) is 11.6 Å². The lowest BCUT2D eigenvalue weighted by atomic mass is 10.1. The lowest BCUT2D eigenvalue weighted by Crippen LogP contribution is -2.10. The fourth-order valence-electron chi connectivity index (χ4n) is 1.60. The molecule has 2 aromatic rings. The van der Waals surface area contributed by atoms with E-state index >= 15 is 0 Å². The van der Waals surface area contributed by atoms with Gasteiger partial charge in [0.05, 0.1) is 11.4 Å². The second-order valence-corrected chi connectivity index (χ2v) is 5.29. The van der Waals surface area contributed by atoms with E-state index in [1.165, 1.54) is 6.33 Å². The van der Waals surface area contributed by atoms with Gasteiger partial charge >= 0.3 is 0 Å². The standard InChI is InChI=1S/C12H11ClIN3O/c1-2-17-12(15-7-16-17)6-11(18)8-3-4-10(14)9(13)5-8/h3-5,7H,2,6H2,1H3. The summed E-state index contributed by atoms with van der Waals surface area (Å²) in [5, 5.41) is 4.63. The minimum Gasteiger partial charge on any atom is -0.294 e. The normalized spacial score (nSPS) is 10.6. The van der Waals surface area contributed by atoms with Crippen LogP contribution < -0.4 is 0 Å². The lowest BCUT2D eigenvalue weighted by molar-refractivity contribution is 0.0989. The Morgan fingerprint density at radius 2 is 2.28 bits per heavy atom. The van der Waals surface area contributed by atoms with Crippen molar-refractivity contribution in [3.8, 4) is 0 Å². The van der Waals surface area contributed by atoms with Crippen LogP contribution in [0, 0.1) is 3.57 Å². The maximum absolute atomic E-state index is 12.1. The maximum Gasteiger partial charge on any atom is 0.170 e. The molecule has 0 fully saturated rings. The molecule has 0 aliphatic heterocycles. The molecule has 0 saturated heterocycles. The van der Waals surface area contributed by atoms with Gasteiger partial charge < -0.3 is 0 Å². The number of aryl methyl sites for hydroxylation is 1. The molecule has 0 aliphatic carbocycles. The zero-order valence-electron chi connectivity index (χ0n) is 9.73. The summed E-state index contributed by atoms with van der Waals surface area (Å²) >= 11 is 8.13. The van der Waals surface area contributed by atoms with Crippen molar-refractivity contribution in [2.45, 2.75) is 19.9 Å². The number of rotatable bonds is 4. The van der Waals surface area contributed by atoms with Crippen LogP contribution in [-0.4, -0.2) is 20.5 Å². The molecule has 2 rings (SSSR count). The molecule has 0 atom stereocenters. The third-order valence-corrected chi connectivity index (χ3v) is 4.13. The van der Waals surface area contributed by atoms with Crippen molar-refractivity contribution in [3.05, 3.63) is 44.5 Å². The molecule has 94 valence electrons. The predicted octanol–water partition coefficient (Wildman–Crippen LogP) is 2.98. The van der Waals surface area contributed by atoms with E-state index in [1.807, 2.05) is 13.0 Å². The van der Waals surface area contributed by atoms with Crippen LogP contribution in [0.25, 0.3) is 0 Å². The number of hydrogen-bond acceptors (Lipinski definition) is 3. The number of carbonyl (C=O) groups excluding carboxylic acids is 1. The van der Waals surface area contributed by atoms with Gasteiger partial charge in [0.2, 0.25) is 0 Å². The van der Waals surface area contributed by atoms with E-state index in [9.17, 15) is 4.79 Å². The number of halogens is 2. The van der Waals surface area contributed by atoms with Crippen LogP contribution in [0.2, 0.25) is 5.02 Å². The van der Waals surface area contributed by atoms with Crippen molar-refractivity contribution in [3.63, 3.8) is 0 Å². The van der Waals surface area contributed by atoms with Gasteiger partial charge in [-0.2, -0.15) is 5.10 Å². The summed E-state index contributed by atoms with van der Waals surface area (Å²) in [5.74, 6) is 0.674. The van der Waals surface area contributed by atoms with Gasteiger partial charge in [-0.15, -0.1) is 0 Å². The average Bonchev–Trinajstić information content (AvgIpc) is 2.79. The Labute approximate surface area is 124 Å². The zero-order valence-corrected chi connectivity index (χ0v) is 12.6. The minimum atomic E-state index is -0.00370. The first-order valence-corrected chi connectivity index (χ1v) is 6.92. The van der Waals surface area contributed by atoms with Gasteiger partial charge in [-0.05, 0) is 41.6 Å². The van der Waals surface area contributed by atoms with Crippen molar-refractivity contribution in [1.29, 1.82) is 0 Å². The highest BCUT2D eigenvalue weighted by molar-refractivity contribution is 14.1. The number of benzene rings is 1. The van der Waals surface area contributed by atoms with Crippen molar-refractivity contribution in [2.75, 3.05) is 0 Å². The van der Waals surface area contributed by atoms with Gasteiger partial charge in [0.15, 0.2) is 5.78 Å². The zero-order chi connectivity index (χ0) is 13.1. The Hall–Kier alpha value is -0.950. The Morgan fingerprint density at radius 1 is 1.50 bits per heavy atom. The van der Waals surface area contributed by atoms with E-state index in [2.05, 4.69) is 32.7 Å². The number of carbonyl (C=O) groups is 1. The first kappa shape index (κ1) is 13.5. The van der Waals surface area contributed by atoms with E-state index < -0.39 is 0 Å². The van der Waals surface area contributed by atoms with Gasteiger partial charge in [0.25, 0.3) is 0 Å². The summed E-state index contributed by atoms with van der Waals surface area (Å²) in [4.78, 5) is 16.2. The Bertz CT molecular complexity index is 582. The van der Waals surface area contributed by atoms with Crippen LogP contribution >= 0.6 is 34.2 Å². The SMILES string of the molecule is CCn1ncnc1CC(=O)c1ccc(I)c(Cl)c1. The Morgan fingerprint density at radius 3 is 2.94 bits per heavy atom. The number of nitrogens with zero attached hydrogens (tertiary/aromatic N) is 3. The van der Waals surface area contributed by atoms with E-state index in [-0.39, 0.29) is 12.2 Å². The largest absolute Gasteiger partial charge is 0.294 e. The molecule has 1 aromatic carbocycles. The Kier molecular flexibility index (Phi) is 4.34. The molecule has 4 nitrogen and oxygen atoms in total. The summed E-state index contributed by atoms with van der Waals surface area (Å²) in [6.45, 7) is 2.67. The summed E-state index contributed by atoms with van der Waals surface area (Å²) in [5.41, 5.74) is 0.603. The predicted molar refractivity (Wildman–Crippen MR) is 77.9 cm³/mol. The third-order valence-electron chi connectivity index (χ3n) is 2.56. The molecule has 1 aromatic heterocycles. The average molecular weight is 376 g/mol. The molecule has 0 amide bonds. The topological polar surface area (TPSA) is 47.8 Å². The second kappa shape index (κ2) is 5.79. The fraction of sp³-hybridized carbons (Fsp3) is 0.250. The van der Waals surface area contributed by atoms with E-state index in [0.29, 0.717) is 23.0 Å². The van der Waals surface area contributed by atoms with E-state index in [0.717, 1.165) is 3.57 Å². The highest BCUT2D eigenvalue weighted by Gasteiger charge is 2.12. The van der Waals surface area contributed by atoms with E-state index in [1.54, 1.807) is 16.8 Å². The van der Waals surface area contributed by atoms with Gasteiger partial charge in [0.1, 0.15) is 12.2 Å². The minimum absolute atomic E-state index is 0.00370. The highest BCUT2D eigenvalue weighted by atomic mass is 127. The van der Waals surface area contributed by atoms with Gasteiger partial charge in [-0.3, -0.25) is 4.79 Å². The monoisotopic (exact) mass is 375 g/mol. The number of Topliss-reactive ketones (excluding diaryl/α,β-unsaturated/α-hetero) is 1. The molecular formula is C12H11ClIN3O. The summed E-state index contributed by atoms with van der Waals surface area (Å²) < 4.78 is 2.65. The van der Waals surface area contributed by atoms with Crippen LogP contribution in [0.5, 0.6) is 0 Å². The van der Waals surface area contributed by atoms with Crippen molar-refractivity contribution < 1.29 is 4.79 Å². The first-order chi connectivity index (χ1) is 8.61. The molecule has 1 heterocycles. The van der Waals surface area contributed by atoms with Crippen LogP contribution in [0.4, 0.5) is 0 Å². The molecule has 0 N–H and O–H groups in total.